The van der Waals surface area contributed by atoms with Crippen LogP contribution in [-0.2, 0) is 16.1 Å². The first-order valence-corrected chi connectivity index (χ1v) is 9.08. The van der Waals surface area contributed by atoms with Gasteiger partial charge in [-0.3, -0.25) is 0 Å². The summed E-state index contributed by atoms with van der Waals surface area (Å²) in [5, 5.41) is 0.353. The van der Waals surface area contributed by atoms with Crippen molar-refractivity contribution in [3.05, 3.63) is 34.6 Å². The third-order valence-corrected chi connectivity index (χ3v) is 4.77. The van der Waals surface area contributed by atoms with Crippen LogP contribution in [0.3, 0.4) is 0 Å². The lowest BCUT2D eigenvalue weighted by atomic mass is 9.90. The first kappa shape index (κ1) is 20.0. The molecule has 1 atom stereocenters. The topological polar surface area (TPSA) is 38.8 Å². The molecule has 1 aromatic rings. The predicted molar refractivity (Wildman–Crippen MR) is 96.3 cm³/mol. The van der Waals surface area contributed by atoms with Crippen molar-refractivity contribution in [3.8, 4) is 0 Å². The molecule has 1 saturated heterocycles. The van der Waals surface area contributed by atoms with E-state index >= 15 is 0 Å². The Hall–Kier alpha value is -1.33. The summed E-state index contributed by atoms with van der Waals surface area (Å²) in [7, 11) is 0. The maximum absolute atomic E-state index is 14.0. The summed E-state index contributed by atoms with van der Waals surface area (Å²) in [6.07, 6.45) is 2.02. The molecule has 1 aliphatic heterocycles. The van der Waals surface area contributed by atoms with E-state index < -0.39 is 11.2 Å². The molecule has 0 saturated carbocycles. The van der Waals surface area contributed by atoms with Gasteiger partial charge in [0, 0.05) is 17.1 Å². The van der Waals surface area contributed by atoms with Gasteiger partial charge in [0.2, 0.25) is 0 Å². The van der Waals surface area contributed by atoms with Crippen LogP contribution in [0.2, 0.25) is 5.02 Å². The minimum atomic E-state index is -0.537. The van der Waals surface area contributed by atoms with E-state index in [1.54, 1.807) is 17.0 Å². The smallest absolute Gasteiger partial charge is 0.410 e. The van der Waals surface area contributed by atoms with Gasteiger partial charge in [-0.2, -0.15) is 0 Å². The van der Waals surface area contributed by atoms with Gasteiger partial charge in [0.05, 0.1) is 18.8 Å². The minimum Gasteiger partial charge on any atom is -0.444 e. The summed E-state index contributed by atoms with van der Waals surface area (Å²) in [5.41, 5.74) is -0.697. The second kappa shape index (κ2) is 7.92. The monoisotopic (exact) mass is 371 g/mol. The maximum atomic E-state index is 14.0. The molecule has 1 fully saturated rings. The van der Waals surface area contributed by atoms with Crippen LogP contribution in [0, 0.1) is 5.82 Å². The molecule has 0 aliphatic carbocycles. The highest BCUT2D eigenvalue weighted by atomic mass is 35.5. The van der Waals surface area contributed by atoms with Crippen LogP contribution in [0.5, 0.6) is 0 Å². The van der Waals surface area contributed by atoms with Crippen LogP contribution >= 0.6 is 11.6 Å². The number of benzene rings is 1. The SMILES string of the molecule is CCC1(OCc2c(F)cccc2Cl)CCCN(C(=O)OC(C)(C)C)C1. The summed E-state index contributed by atoms with van der Waals surface area (Å²) in [6, 6.07) is 4.59. The van der Waals surface area contributed by atoms with Crippen molar-refractivity contribution >= 4 is 17.7 Å². The zero-order valence-corrected chi connectivity index (χ0v) is 16.2. The number of amides is 1. The molecule has 1 amide bonds. The molecule has 0 N–H and O–H groups in total. The Morgan fingerprint density at radius 1 is 1.40 bits per heavy atom. The van der Waals surface area contributed by atoms with Gasteiger partial charge in [-0.15, -0.1) is 0 Å². The lowest BCUT2D eigenvalue weighted by molar-refractivity contribution is -0.102. The van der Waals surface area contributed by atoms with Gasteiger partial charge < -0.3 is 14.4 Å². The second-order valence-electron chi connectivity index (χ2n) is 7.53. The fourth-order valence-corrected chi connectivity index (χ4v) is 3.20. The first-order valence-electron chi connectivity index (χ1n) is 8.70. The molecule has 2 rings (SSSR count). The fraction of sp³-hybridized carbons (Fsp3) is 0.632. The van der Waals surface area contributed by atoms with Crippen LogP contribution in [0.25, 0.3) is 0 Å². The quantitative estimate of drug-likeness (QED) is 0.732. The molecule has 0 aromatic heterocycles. The van der Waals surface area contributed by atoms with Crippen LogP contribution in [0.4, 0.5) is 9.18 Å². The highest BCUT2D eigenvalue weighted by Crippen LogP contribution is 2.32. The number of piperidine rings is 1. The molecule has 1 aliphatic rings. The highest BCUT2D eigenvalue weighted by Gasteiger charge is 2.38. The molecule has 1 heterocycles. The predicted octanol–water partition coefficient (Wildman–Crippen LogP) is 5.18. The largest absolute Gasteiger partial charge is 0.444 e. The fourth-order valence-electron chi connectivity index (χ4n) is 2.98. The van der Waals surface area contributed by atoms with Gasteiger partial charge in [-0.1, -0.05) is 24.6 Å². The molecule has 25 heavy (non-hydrogen) atoms. The van der Waals surface area contributed by atoms with E-state index in [-0.39, 0.29) is 18.5 Å². The van der Waals surface area contributed by atoms with E-state index in [0.29, 0.717) is 23.7 Å². The number of nitrogens with zero attached hydrogens (tertiary/aromatic N) is 1. The number of ether oxygens (including phenoxy) is 2. The molecule has 0 bridgehead atoms. The Balaban J connectivity index is 2.07. The summed E-state index contributed by atoms with van der Waals surface area (Å²) in [5.74, 6) is -0.376. The summed E-state index contributed by atoms with van der Waals surface area (Å²) in [6.45, 7) is 8.71. The number of carbonyl (C=O) groups excluding carboxylic acids is 1. The van der Waals surface area contributed by atoms with E-state index in [4.69, 9.17) is 21.1 Å². The molecule has 4 nitrogen and oxygen atoms in total. The Labute approximate surface area is 154 Å². The molecule has 0 radical (unpaired) electrons. The van der Waals surface area contributed by atoms with E-state index in [0.717, 1.165) is 19.3 Å². The average Bonchev–Trinajstić information content (AvgIpc) is 2.53. The van der Waals surface area contributed by atoms with Crippen LogP contribution in [0.15, 0.2) is 18.2 Å². The van der Waals surface area contributed by atoms with Crippen molar-refractivity contribution in [1.82, 2.24) is 4.90 Å². The number of carbonyl (C=O) groups is 1. The molecule has 6 heteroatoms. The number of hydrogen-bond acceptors (Lipinski definition) is 3. The van der Waals surface area contributed by atoms with Crippen molar-refractivity contribution in [1.29, 1.82) is 0 Å². The Kier molecular flexibility index (Phi) is 6.33. The van der Waals surface area contributed by atoms with Crippen LogP contribution < -0.4 is 0 Å². The van der Waals surface area contributed by atoms with Crippen molar-refractivity contribution in [2.75, 3.05) is 13.1 Å². The zero-order chi connectivity index (χ0) is 18.7. The molecule has 1 aromatic carbocycles. The third-order valence-electron chi connectivity index (χ3n) is 4.42. The van der Waals surface area contributed by atoms with Crippen LogP contribution in [0.1, 0.15) is 52.5 Å². The van der Waals surface area contributed by atoms with Crippen molar-refractivity contribution in [2.45, 2.75) is 64.8 Å². The van der Waals surface area contributed by atoms with Crippen LogP contribution in [-0.4, -0.2) is 35.3 Å². The highest BCUT2D eigenvalue weighted by molar-refractivity contribution is 6.31. The lowest BCUT2D eigenvalue weighted by Gasteiger charge is -2.42. The number of hydrogen-bond donors (Lipinski definition) is 0. The first-order chi connectivity index (χ1) is 11.7. The second-order valence-corrected chi connectivity index (χ2v) is 7.94. The van der Waals surface area contributed by atoms with E-state index in [1.165, 1.54) is 6.07 Å². The van der Waals surface area contributed by atoms with Gasteiger partial charge in [0.1, 0.15) is 11.4 Å². The number of rotatable bonds is 4. The number of halogens is 2. The lowest BCUT2D eigenvalue weighted by Crippen LogP contribution is -2.52. The standard InChI is InChI=1S/C19H27ClFNO3/c1-5-19(24-12-14-15(20)8-6-9-16(14)21)10-7-11-22(13-19)17(23)25-18(2,3)4/h6,8-9H,5,7,10-13H2,1-4H3. The minimum absolute atomic E-state index is 0.0848. The molecule has 1 unspecified atom stereocenters. The number of likely N-dealkylation sites (tertiary alicyclic amines) is 1. The zero-order valence-electron chi connectivity index (χ0n) is 15.4. The van der Waals surface area contributed by atoms with Crippen molar-refractivity contribution in [2.24, 2.45) is 0 Å². The summed E-state index contributed by atoms with van der Waals surface area (Å²) < 4.78 is 25.5. The Morgan fingerprint density at radius 2 is 2.12 bits per heavy atom. The summed E-state index contributed by atoms with van der Waals surface area (Å²) in [4.78, 5) is 14.0. The summed E-state index contributed by atoms with van der Waals surface area (Å²) >= 11 is 6.08. The van der Waals surface area contributed by atoms with Crippen molar-refractivity contribution in [3.63, 3.8) is 0 Å². The Morgan fingerprint density at radius 3 is 2.72 bits per heavy atom. The molecular weight excluding hydrogens is 345 g/mol. The molecule has 0 spiro atoms. The van der Waals surface area contributed by atoms with Gasteiger partial charge in [0.15, 0.2) is 0 Å². The Bertz CT molecular complexity index is 597. The van der Waals surface area contributed by atoms with Crippen molar-refractivity contribution < 1.29 is 18.7 Å². The molecule has 140 valence electrons. The van der Waals surface area contributed by atoms with Gasteiger partial charge in [-0.05, 0) is 52.2 Å². The average molecular weight is 372 g/mol. The van der Waals surface area contributed by atoms with E-state index in [2.05, 4.69) is 0 Å². The van der Waals surface area contributed by atoms with Gasteiger partial charge in [-0.25, -0.2) is 9.18 Å². The molecular formula is C19H27ClFNO3. The third kappa shape index (κ3) is 5.32. The van der Waals surface area contributed by atoms with Gasteiger partial charge in [0.25, 0.3) is 0 Å². The van der Waals surface area contributed by atoms with E-state index in [1.807, 2.05) is 27.7 Å². The maximum Gasteiger partial charge on any atom is 0.410 e. The normalized spacial score (nSPS) is 21.3. The van der Waals surface area contributed by atoms with E-state index in [9.17, 15) is 9.18 Å². The van der Waals surface area contributed by atoms with Gasteiger partial charge >= 0.3 is 6.09 Å².